The molecule has 1 aromatic carbocycles. The van der Waals surface area contributed by atoms with E-state index in [9.17, 15) is 4.79 Å². The Morgan fingerprint density at radius 2 is 2.11 bits per heavy atom. The fourth-order valence-electron chi connectivity index (χ4n) is 1.51. The molecule has 0 aliphatic heterocycles. The van der Waals surface area contributed by atoms with Crippen LogP contribution in [0, 0.1) is 0 Å². The number of aromatic hydroxyl groups is 1. The van der Waals surface area contributed by atoms with Crippen molar-refractivity contribution in [3.8, 4) is 5.75 Å². The first kappa shape index (κ1) is 12.1. The van der Waals surface area contributed by atoms with Gasteiger partial charge in [0.15, 0.2) is 0 Å². The van der Waals surface area contributed by atoms with Gasteiger partial charge in [0, 0.05) is 24.8 Å². The summed E-state index contributed by atoms with van der Waals surface area (Å²) in [6.45, 7) is 1.29. The van der Waals surface area contributed by atoms with Gasteiger partial charge in [0.05, 0.1) is 6.20 Å². The van der Waals surface area contributed by atoms with E-state index in [1.54, 1.807) is 29.2 Å². The van der Waals surface area contributed by atoms with Crippen LogP contribution < -0.4 is 5.32 Å². The highest BCUT2D eigenvalue weighted by atomic mass is 16.3. The van der Waals surface area contributed by atoms with Gasteiger partial charge in [0.25, 0.3) is 5.91 Å². The largest absolute Gasteiger partial charge is 0.508 e. The molecule has 1 amide bonds. The summed E-state index contributed by atoms with van der Waals surface area (Å²) in [7, 11) is 0. The summed E-state index contributed by atoms with van der Waals surface area (Å²) in [4.78, 5) is 11.7. The topological polar surface area (TPSA) is 80.0 Å². The Morgan fingerprint density at radius 3 is 2.78 bits per heavy atom. The SMILES string of the molecule is O=C(NCCCn1ccnn1)c1ccc(O)cc1. The lowest BCUT2D eigenvalue weighted by Crippen LogP contribution is -2.25. The third-order valence-corrected chi connectivity index (χ3v) is 2.45. The van der Waals surface area contributed by atoms with Crippen molar-refractivity contribution in [2.24, 2.45) is 0 Å². The molecule has 0 fully saturated rings. The van der Waals surface area contributed by atoms with Crippen LogP contribution in [0.4, 0.5) is 0 Å². The van der Waals surface area contributed by atoms with E-state index in [-0.39, 0.29) is 11.7 Å². The van der Waals surface area contributed by atoms with Crippen LogP contribution in [0.15, 0.2) is 36.7 Å². The molecule has 0 spiro atoms. The van der Waals surface area contributed by atoms with Gasteiger partial charge in [-0.3, -0.25) is 9.48 Å². The van der Waals surface area contributed by atoms with Crippen molar-refractivity contribution < 1.29 is 9.90 Å². The van der Waals surface area contributed by atoms with E-state index in [1.807, 2.05) is 0 Å². The number of nitrogens with zero attached hydrogens (tertiary/aromatic N) is 3. The number of carbonyl (C=O) groups excluding carboxylic acids is 1. The van der Waals surface area contributed by atoms with Crippen molar-refractivity contribution in [2.45, 2.75) is 13.0 Å². The second kappa shape index (κ2) is 5.81. The normalized spacial score (nSPS) is 10.2. The summed E-state index contributed by atoms with van der Waals surface area (Å²) in [6, 6.07) is 6.15. The minimum Gasteiger partial charge on any atom is -0.508 e. The van der Waals surface area contributed by atoms with E-state index in [2.05, 4.69) is 15.6 Å². The second-order valence-electron chi connectivity index (χ2n) is 3.82. The molecular formula is C12H14N4O2. The summed E-state index contributed by atoms with van der Waals surface area (Å²) in [6.07, 6.45) is 4.18. The molecule has 0 saturated carbocycles. The highest BCUT2D eigenvalue weighted by Crippen LogP contribution is 2.09. The fraction of sp³-hybridized carbons (Fsp3) is 0.250. The van der Waals surface area contributed by atoms with Crippen molar-refractivity contribution in [3.05, 3.63) is 42.2 Å². The lowest BCUT2D eigenvalue weighted by Gasteiger charge is -2.05. The van der Waals surface area contributed by atoms with Gasteiger partial charge in [0.1, 0.15) is 5.75 Å². The number of hydrogen-bond donors (Lipinski definition) is 2. The van der Waals surface area contributed by atoms with E-state index in [0.29, 0.717) is 12.1 Å². The number of carbonyl (C=O) groups is 1. The maximum absolute atomic E-state index is 11.7. The molecule has 18 heavy (non-hydrogen) atoms. The number of phenols is 1. The maximum atomic E-state index is 11.7. The van der Waals surface area contributed by atoms with Crippen molar-refractivity contribution in [3.63, 3.8) is 0 Å². The summed E-state index contributed by atoms with van der Waals surface area (Å²) >= 11 is 0. The van der Waals surface area contributed by atoms with Gasteiger partial charge in [-0.1, -0.05) is 5.21 Å². The van der Waals surface area contributed by atoms with E-state index < -0.39 is 0 Å². The Bertz CT molecular complexity index is 493. The Morgan fingerprint density at radius 1 is 1.33 bits per heavy atom. The molecule has 2 aromatic rings. The first-order chi connectivity index (χ1) is 8.75. The maximum Gasteiger partial charge on any atom is 0.251 e. The van der Waals surface area contributed by atoms with Crippen LogP contribution in [0.2, 0.25) is 0 Å². The number of amides is 1. The van der Waals surface area contributed by atoms with Crippen molar-refractivity contribution in [1.82, 2.24) is 20.3 Å². The van der Waals surface area contributed by atoms with Crippen molar-refractivity contribution >= 4 is 5.91 Å². The van der Waals surface area contributed by atoms with Gasteiger partial charge >= 0.3 is 0 Å². The molecule has 1 heterocycles. The Balaban J connectivity index is 1.73. The van der Waals surface area contributed by atoms with Gasteiger partial charge in [-0.25, -0.2) is 0 Å². The van der Waals surface area contributed by atoms with Crippen molar-refractivity contribution in [1.29, 1.82) is 0 Å². The van der Waals surface area contributed by atoms with Crippen LogP contribution in [0.1, 0.15) is 16.8 Å². The Hall–Kier alpha value is -2.37. The highest BCUT2D eigenvalue weighted by Gasteiger charge is 2.04. The molecule has 2 N–H and O–H groups in total. The number of rotatable bonds is 5. The molecule has 0 aliphatic carbocycles. The molecular weight excluding hydrogens is 232 g/mol. The molecule has 0 bridgehead atoms. The first-order valence-corrected chi connectivity index (χ1v) is 5.67. The van der Waals surface area contributed by atoms with Gasteiger partial charge in [-0.15, -0.1) is 5.10 Å². The predicted molar refractivity (Wildman–Crippen MR) is 65.1 cm³/mol. The monoisotopic (exact) mass is 246 g/mol. The van der Waals surface area contributed by atoms with E-state index in [1.165, 1.54) is 12.1 Å². The summed E-state index contributed by atoms with van der Waals surface area (Å²) in [5.41, 5.74) is 0.536. The molecule has 6 heteroatoms. The summed E-state index contributed by atoms with van der Waals surface area (Å²) in [5, 5.41) is 19.4. The minimum atomic E-state index is -0.145. The lowest BCUT2D eigenvalue weighted by molar-refractivity contribution is 0.0952. The fourth-order valence-corrected chi connectivity index (χ4v) is 1.51. The van der Waals surface area contributed by atoms with Crippen LogP contribution in [-0.4, -0.2) is 32.6 Å². The standard InChI is InChI=1S/C12H14N4O2/c17-11-4-2-10(3-5-11)12(18)13-6-1-8-16-9-7-14-15-16/h2-5,7,9,17H,1,6,8H2,(H,13,18). The highest BCUT2D eigenvalue weighted by molar-refractivity contribution is 5.94. The lowest BCUT2D eigenvalue weighted by atomic mass is 10.2. The molecule has 2 rings (SSSR count). The number of aryl methyl sites for hydroxylation is 1. The number of hydrogen-bond acceptors (Lipinski definition) is 4. The number of phenolic OH excluding ortho intramolecular Hbond substituents is 1. The summed E-state index contributed by atoms with van der Waals surface area (Å²) in [5.74, 6) is 0.00585. The predicted octanol–water partition coefficient (Wildman–Crippen LogP) is 0.804. The third-order valence-electron chi connectivity index (χ3n) is 2.45. The minimum absolute atomic E-state index is 0.145. The van der Waals surface area contributed by atoms with E-state index in [4.69, 9.17) is 5.11 Å². The molecule has 0 radical (unpaired) electrons. The Kier molecular flexibility index (Phi) is 3.90. The van der Waals surface area contributed by atoms with Crippen LogP contribution in [-0.2, 0) is 6.54 Å². The molecule has 0 unspecified atom stereocenters. The zero-order valence-corrected chi connectivity index (χ0v) is 9.78. The molecule has 94 valence electrons. The van der Waals surface area contributed by atoms with E-state index in [0.717, 1.165) is 13.0 Å². The van der Waals surface area contributed by atoms with E-state index >= 15 is 0 Å². The van der Waals surface area contributed by atoms with Gasteiger partial charge in [-0.2, -0.15) is 0 Å². The molecule has 0 aliphatic rings. The van der Waals surface area contributed by atoms with Gasteiger partial charge < -0.3 is 10.4 Å². The zero-order chi connectivity index (χ0) is 12.8. The molecule has 0 saturated heterocycles. The van der Waals surface area contributed by atoms with Crippen molar-refractivity contribution in [2.75, 3.05) is 6.54 Å². The quantitative estimate of drug-likeness (QED) is 0.765. The second-order valence-corrected chi connectivity index (χ2v) is 3.82. The van der Waals surface area contributed by atoms with Crippen LogP contribution >= 0.6 is 0 Å². The smallest absolute Gasteiger partial charge is 0.251 e. The number of nitrogens with one attached hydrogen (secondary N) is 1. The average Bonchev–Trinajstić information content (AvgIpc) is 2.88. The van der Waals surface area contributed by atoms with Gasteiger partial charge in [0.2, 0.25) is 0 Å². The van der Waals surface area contributed by atoms with Crippen LogP contribution in [0.3, 0.4) is 0 Å². The number of benzene rings is 1. The summed E-state index contributed by atoms with van der Waals surface area (Å²) < 4.78 is 1.71. The van der Waals surface area contributed by atoms with Crippen LogP contribution in [0.25, 0.3) is 0 Å². The molecule has 1 aromatic heterocycles. The third kappa shape index (κ3) is 3.31. The van der Waals surface area contributed by atoms with Crippen LogP contribution in [0.5, 0.6) is 5.75 Å². The van der Waals surface area contributed by atoms with Gasteiger partial charge in [-0.05, 0) is 30.7 Å². The first-order valence-electron chi connectivity index (χ1n) is 5.67. The number of aromatic nitrogens is 3. The Labute approximate surface area is 104 Å². The molecule has 0 atom stereocenters. The zero-order valence-electron chi connectivity index (χ0n) is 9.78. The molecule has 6 nitrogen and oxygen atoms in total. The average molecular weight is 246 g/mol.